The van der Waals surface area contributed by atoms with E-state index in [0.717, 1.165) is 4.90 Å². The van der Waals surface area contributed by atoms with Crippen LogP contribution in [0.1, 0.15) is 16.1 Å². The molecule has 182 valence electrons. The van der Waals surface area contributed by atoms with Gasteiger partial charge in [-0.15, -0.1) is 0 Å². The molecule has 2 aliphatic heterocycles. The second-order valence-corrected chi connectivity index (χ2v) is 8.72. The molecule has 3 aromatic rings. The molecule has 0 radical (unpaired) electrons. The van der Waals surface area contributed by atoms with Crippen LogP contribution in [0.2, 0.25) is 0 Å². The number of fused-ring (bicyclic) bond motifs is 1. The van der Waals surface area contributed by atoms with E-state index in [9.17, 15) is 24.3 Å². The maximum absolute atomic E-state index is 12.8. The second-order valence-electron chi connectivity index (χ2n) is 7.73. The molecule has 3 heterocycles. The predicted molar refractivity (Wildman–Crippen MR) is 130 cm³/mol. The molecular formula is C25H18N2O8S. The lowest BCUT2D eigenvalue weighted by molar-refractivity contribution is -0.127. The van der Waals surface area contributed by atoms with E-state index in [1.807, 2.05) is 0 Å². The molecule has 1 saturated heterocycles. The minimum atomic E-state index is -1.10. The lowest BCUT2D eigenvalue weighted by Gasteiger charge is -2.19. The summed E-state index contributed by atoms with van der Waals surface area (Å²) in [7, 11) is 0. The van der Waals surface area contributed by atoms with Gasteiger partial charge in [0.15, 0.2) is 11.5 Å². The Balaban J connectivity index is 1.27. The summed E-state index contributed by atoms with van der Waals surface area (Å²) in [6, 6.07) is 14.4. The van der Waals surface area contributed by atoms with Crippen molar-refractivity contribution in [3.05, 3.63) is 70.8 Å². The molecule has 0 unspecified atom stereocenters. The molecule has 0 saturated carbocycles. The fourth-order valence-electron chi connectivity index (χ4n) is 3.69. The first kappa shape index (κ1) is 23.2. The Bertz CT molecular complexity index is 1430. The van der Waals surface area contributed by atoms with Crippen molar-refractivity contribution < 1.29 is 38.2 Å². The Morgan fingerprint density at radius 2 is 1.81 bits per heavy atom. The topological polar surface area (TPSA) is 135 Å². The number of thioether (sulfide) groups is 1. The van der Waals surface area contributed by atoms with Gasteiger partial charge in [-0.1, -0.05) is 18.2 Å². The van der Waals surface area contributed by atoms with Crippen LogP contribution in [0.25, 0.3) is 17.4 Å². The van der Waals surface area contributed by atoms with Gasteiger partial charge in [-0.25, -0.2) is 4.79 Å². The average Bonchev–Trinajstić information content (AvgIpc) is 3.44. The molecule has 2 aromatic carbocycles. The Morgan fingerprint density at radius 1 is 1.03 bits per heavy atom. The summed E-state index contributed by atoms with van der Waals surface area (Å²) in [5.74, 6) is -0.653. The minimum absolute atomic E-state index is 0.0720. The summed E-state index contributed by atoms with van der Waals surface area (Å²) in [4.78, 5) is 50.1. The highest BCUT2D eigenvalue weighted by molar-refractivity contribution is 8.18. The van der Waals surface area contributed by atoms with Gasteiger partial charge in [0.25, 0.3) is 11.1 Å². The molecule has 1 aromatic heterocycles. The molecule has 36 heavy (non-hydrogen) atoms. The fraction of sp³-hybridized carbons (Fsp3) is 0.120. The van der Waals surface area contributed by atoms with Crippen LogP contribution in [0.4, 0.5) is 10.5 Å². The van der Waals surface area contributed by atoms with Crippen LogP contribution in [0.5, 0.6) is 11.5 Å². The smallest absolute Gasteiger partial charge is 0.336 e. The second kappa shape index (κ2) is 9.62. The van der Waals surface area contributed by atoms with Gasteiger partial charge in [0.2, 0.25) is 5.91 Å². The van der Waals surface area contributed by atoms with Crippen LogP contribution in [0.3, 0.4) is 0 Å². The molecule has 0 spiro atoms. The number of benzene rings is 2. The first-order valence-corrected chi connectivity index (χ1v) is 11.6. The number of carbonyl (C=O) groups is 4. The molecule has 2 N–H and O–H groups in total. The maximum atomic E-state index is 12.8. The lowest BCUT2D eigenvalue weighted by atomic mass is 10.1. The monoisotopic (exact) mass is 506 g/mol. The number of hydrogen-bond acceptors (Lipinski definition) is 8. The van der Waals surface area contributed by atoms with Crippen molar-refractivity contribution in [1.29, 1.82) is 0 Å². The highest BCUT2D eigenvalue weighted by Crippen LogP contribution is 2.35. The summed E-state index contributed by atoms with van der Waals surface area (Å²) in [5.41, 5.74) is 0.896. The third-order valence-corrected chi connectivity index (χ3v) is 6.23. The van der Waals surface area contributed by atoms with Gasteiger partial charge in [-0.2, -0.15) is 0 Å². The van der Waals surface area contributed by atoms with Crippen molar-refractivity contribution in [3.8, 4) is 22.8 Å². The standard InChI is InChI=1S/C25H18N2O8S/c28-22(26-14-5-7-19-20(11-14)34-10-9-33-19)13-27-23(29)21(36-25(27)32)12-15-6-8-18(35-15)16-3-1-2-4-17(16)24(30)31/h1-8,11-12H,9-10,13H2,(H,26,28)(H,30,31)/b21-12-. The number of nitrogens with zero attached hydrogens (tertiary/aromatic N) is 1. The lowest BCUT2D eigenvalue weighted by Crippen LogP contribution is -2.36. The fourth-order valence-corrected chi connectivity index (χ4v) is 4.51. The Hall–Kier alpha value is -4.51. The third kappa shape index (κ3) is 4.68. The Morgan fingerprint density at radius 3 is 2.61 bits per heavy atom. The summed E-state index contributed by atoms with van der Waals surface area (Å²) in [6.45, 7) is 0.378. The molecule has 0 aliphatic carbocycles. The zero-order valence-corrected chi connectivity index (χ0v) is 19.4. The van der Waals surface area contributed by atoms with Gasteiger partial charge in [-0.05, 0) is 42.1 Å². The molecule has 2 aliphatic rings. The summed E-state index contributed by atoms with van der Waals surface area (Å²) < 4.78 is 16.6. The zero-order valence-electron chi connectivity index (χ0n) is 18.6. The van der Waals surface area contributed by atoms with Crippen LogP contribution in [0, 0.1) is 0 Å². The van der Waals surface area contributed by atoms with Gasteiger partial charge in [0, 0.05) is 23.4 Å². The predicted octanol–water partition coefficient (Wildman–Crippen LogP) is 4.09. The highest BCUT2D eigenvalue weighted by Gasteiger charge is 2.36. The number of imide groups is 1. The van der Waals surface area contributed by atoms with E-state index >= 15 is 0 Å². The SMILES string of the molecule is O=C(CN1C(=O)S/C(=C\c2ccc(-c3ccccc3C(=O)O)o2)C1=O)Nc1ccc2c(c1)OCCO2. The number of carboxylic acids is 1. The van der Waals surface area contributed by atoms with Crippen LogP contribution in [-0.2, 0) is 9.59 Å². The number of carbonyl (C=O) groups excluding carboxylic acids is 3. The van der Waals surface area contributed by atoms with E-state index < -0.39 is 29.6 Å². The molecule has 0 bridgehead atoms. The molecule has 3 amide bonds. The van der Waals surface area contributed by atoms with Crippen LogP contribution in [0.15, 0.2) is 63.9 Å². The Kier molecular flexibility index (Phi) is 6.21. The van der Waals surface area contributed by atoms with E-state index in [-0.39, 0.29) is 16.2 Å². The number of rotatable bonds is 6. The van der Waals surface area contributed by atoms with E-state index in [1.54, 1.807) is 48.5 Å². The van der Waals surface area contributed by atoms with Crippen LogP contribution < -0.4 is 14.8 Å². The van der Waals surface area contributed by atoms with E-state index in [1.165, 1.54) is 12.1 Å². The van der Waals surface area contributed by atoms with Crippen molar-refractivity contribution in [1.82, 2.24) is 4.90 Å². The van der Waals surface area contributed by atoms with Gasteiger partial charge in [0.1, 0.15) is 31.3 Å². The minimum Gasteiger partial charge on any atom is -0.486 e. The molecule has 5 rings (SSSR count). The van der Waals surface area contributed by atoms with Crippen molar-refractivity contribution >= 4 is 46.5 Å². The van der Waals surface area contributed by atoms with Gasteiger partial charge in [0.05, 0.1) is 10.5 Å². The van der Waals surface area contributed by atoms with E-state index in [4.69, 9.17) is 13.9 Å². The number of anilines is 1. The summed E-state index contributed by atoms with van der Waals surface area (Å²) in [5, 5.41) is 11.4. The van der Waals surface area contributed by atoms with Crippen molar-refractivity contribution in [2.75, 3.05) is 25.1 Å². The zero-order chi connectivity index (χ0) is 25.2. The quantitative estimate of drug-likeness (QED) is 0.474. The van der Waals surface area contributed by atoms with Crippen molar-refractivity contribution in [2.45, 2.75) is 0 Å². The van der Waals surface area contributed by atoms with Crippen molar-refractivity contribution in [3.63, 3.8) is 0 Å². The summed E-state index contributed by atoms with van der Waals surface area (Å²) >= 11 is 0.685. The van der Waals surface area contributed by atoms with Crippen LogP contribution >= 0.6 is 11.8 Å². The third-order valence-electron chi connectivity index (χ3n) is 5.32. The number of hydrogen-bond donors (Lipinski definition) is 2. The molecule has 10 nitrogen and oxygen atoms in total. The first-order chi connectivity index (χ1) is 17.4. The largest absolute Gasteiger partial charge is 0.486 e. The maximum Gasteiger partial charge on any atom is 0.336 e. The number of furan rings is 1. The van der Waals surface area contributed by atoms with Gasteiger partial charge in [-0.3, -0.25) is 19.3 Å². The van der Waals surface area contributed by atoms with Crippen molar-refractivity contribution in [2.24, 2.45) is 0 Å². The molecule has 11 heteroatoms. The van der Waals surface area contributed by atoms with E-state index in [0.29, 0.717) is 53.5 Å². The number of carboxylic acid groups (broad SMARTS) is 1. The molecule has 1 fully saturated rings. The molecular weight excluding hydrogens is 488 g/mol. The van der Waals surface area contributed by atoms with Gasteiger partial charge < -0.3 is 24.3 Å². The number of ether oxygens (including phenoxy) is 2. The number of aromatic carboxylic acids is 1. The summed E-state index contributed by atoms with van der Waals surface area (Å²) in [6.07, 6.45) is 1.39. The first-order valence-electron chi connectivity index (χ1n) is 10.8. The average molecular weight is 506 g/mol. The number of amides is 3. The van der Waals surface area contributed by atoms with Gasteiger partial charge >= 0.3 is 5.97 Å². The highest BCUT2D eigenvalue weighted by atomic mass is 32.2. The van der Waals surface area contributed by atoms with Crippen LogP contribution in [-0.4, -0.2) is 52.8 Å². The van der Waals surface area contributed by atoms with E-state index in [2.05, 4.69) is 5.32 Å². The molecule has 0 atom stereocenters. The Labute approximate surface area is 208 Å². The normalized spacial score (nSPS) is 15.9. The number of nitrogens with one attached hydrogen (secondary N) is 1.